The monoisotopic (exact) mass is 276 g/mol. The van der Waals surface area contributed by atoms with Crippen molar-refractivity contribution in [2.24, 2.45) is 17.6 Å². The second kappa shape index (κ2) is 6.02. The number of amides is 1. The van der Waals surface area contributed by atoms with Crippen LogP contribution in [0.15, 0.2) is 0 Å². The molecular weight excluding hydrogens is 252 g/mol. The van der Waals surface area contributed by atoms with Crippen LogP contribution in [0.5, 0.6) is 0 Å². The minimum atomic E-state index is -3.06. The van der Waals surface area contributed by atoms with Gasteiger partial charge in [-0.2, -0.15) is 0 Å². The highest BCUT2D eigenvalue weighted by Crippen LogP contribution is 2.31. The van der Waals surface area contributed by atoms with Crippen LogP contribution < -0.4 is 11.1 Å². The predicted octanol–water partition coefficient (Wildman–Crippen LogP) is 0.299. The summed E-state index contributed by atoms with van der Waals surface area (Å²) in [6.45, 7) is 4.31. The maximum atomic E-state index is 11.8. The molecular formula is C12H24N2O3S. The Labute approximate surface area is 109 Å². The molecule has 0 saturated heterocycles. The van der Waals surface area contributed by atoms with Gasteiger partial charge in [-0.05, 0) is 31.1 Å². The number of nitrogens with two attached hydrogens (primary N) is 1. The van der Waals surface area contributed by atoms with Gasteiger partial charge in [-0.3, -0.25) is 4.79 Å². The quantitative estimate of drug-likeness (QED) is 0.756. The zero-order chi connectivity index (χ0) is 13.9. The van der Waals surface area contributed by atoms with Gasteiger partial charge in [0, 0.05) is 12.3 Å². The Morgan fingerprint density at radius 2 is 2.00 bits per heavy atom. The standard InChI is InChI=1S/C12H24N2O3S/c1-8-4-5-11(9(8)2)14-12(15)10(13)6-7-18(3,16)17/h8-11H,4-7,13H2,1-3H3,(H,14,15). The van der Waals surface area contributed by atoms with Gasteiger partial charge >= 0.3 is 0 Å². The van der Waals surface area contributed by atoms with Gasteiger partial charge in [0.1, 0.15) is 9.84 Å². The Balaban J connectivity index is 2.41. The van der Waals surface area contributed by atoms with Crippen molar-refractivity contribution in [3.8, 4) is 0 Å². The number of hydrogen-bond acceptors (Lipinski definition) is 4. The van der Waals surface area contributed by atoms with Crippen LogP contribution in [-0.4, -0.2) is 38.4 Å². The van der Waals surface area contributed by atoms with Crippen LogP contribution in [0.1, 0.15) is 33.1 Å². The third kappa shape index (κ3) is 4.57. The van der Waals surface area contributed by atoms with E-state index in [9.17, 15) is 13.2 Å². The number of carbonyl (C=O) groups is 1. The van der Waals surface area contributed by atoms with Gasteiger partial charge < -0.3 is 11.1 Å². The van der Waals surface area contributed by atoms with Crippen molar-refractivity contribution < 1.29 is 13.2 Å². The molecule has 1 amide bonds. The van der Waals surface area contributed by atoms with Crippen LogP contribution in [0.2, 0.25) is 0 Å². The number of sulfone groups is 1. The average Bonchev–Trinajstić information content (AvgIpc) is 2.56. The molecule has 1 aliphatic carbocycles. The minimum Gasteiger partial charge on any atom is -0.352 e. The summed E-state index contributed by atoms with van der Waals surface area (Å²) in [5, 5.41) is 2.94. The molecule has 0 bridgehead atoms. The van der Waals surface area contributed by atoms with Crippen LogP contribution in [0.3, 0.4) is 0 Å². The molecule has 4 unspecified atom stereocenters. The van der Waals surface area contributed by atoms with Crippen molar-refractivity contribution in [2.75, 3.05) is 12.0 Å². The van der Waals surface area contributed by atoms with Crippen LogP contribution in [0, 0.1) is 11.8 Å². The Morgan fingerprint density at radius 3 is 2.44 bits per heavy atom. The molecule has 0 radical (unpaired) electrons. The van der Waals surface area contributed by atoms with Gasteiger partial charge in [-0.1, -0.05) is 13.8 Å². The first kappa shape index (κ1) is 15.4. The van der Waals surface area contributed by atoms with Crippen LogP contribution in [0.25, 0.3) is 0 Å². The summed E-state index contributed by atoms with van der Waals surface area (Å²) in [5.41, 5.74) is 5.71. The van der Waals surface area contributed by atoms with Gasteiger partial charge in [0.15, 0.2) is 0 Å². The second-order valence-electron chi connectivity index (χ2n) is 5.55. The lowest BCUT2D eigenvalue weighted by molar-refractivity contribution is -0.123. The Bertz CT molecular complexity index is 394. The molecule has 0 aliphatic heterocycles. The predicted molar refractivity (Wildman–Crippen MR) is 71.8 cm³/mol. The summed E-state index contributed by atoms with van der Waals surface area (Å²) in [7, 11) is -3.06. The average molecular weight is 276 g/mol. The van der Waals surface area contributed by atoms with Crippen molar-refractivity contribution >= 4 is 15.7 Å². The van der Waals surface area contributed by atoms with Gasteiger partial charge in [0.05, 0.1) is 11.8 Å². The largest absolute Gasteiger partial charge is 0.352 e. The molecule has 0 aromatic heterocycles. The van der Waals surface area contributed by atoms with E-state index >= 15 is 0 Å². The highest BCUT2D eigenvalue weighted by molar-refractivity contribution is 7.90. The number of hydrogen-bond donors (Lipinski definition) is 2. The van der Waals surface area contributed by atoms with E-state index in [-0.39, 0.29) is 24.1 Å². The van der Waals surface area contributed by atoms with Crippen molar-refractivity contribution in [3.63, 3.8) is 0 Å². The molecule has 6 heteroatoms. The molecule has 1 aliphatic rings. The molecule has 0 heterocycles. The van der Waals surface area contributed by atoms with E-state index in [1.54, 1.807) is 0 Å². The van der Waals surface area contributed by atoms with E-state index in [0.29, 0.717) is 11.8 Å². The molecule has 106 valence electrons. The fourth-order valence-electron chi connectivity index (χ4n) is 2.33. The maximum Gasteiger partial charge on any atom is 0.237 e. The fraction of sp³-hybridized carbons (Fsp3) is 0.917. The van der Waals surface area contributed by atoms with Crippen molar-refractivity contribution in [3.05, 3.63) is 0 Å². The van der Waals surface area contributed by atoms with Gasteiger partial charge in [-0.25, -0.2) is 8.42 Å². The zero-order valence-electron chi connectivity index (χ0n) is 11.3. The molecule has 1 rings (SSSR count). The Kier molecular flexibility index (Phi) is 5.16. The first-order valence-electron chi connectivity index (χ1n) is 6.44. The molecule has 5 nitrogen and oxygen atoms in total. The molecule has 3 N–H and O–H groups in total. The lowest BCUT2D eigenvalue weighted by Gasteiger charge is -2.21. The van der Waals surface area contributed by atoms with Crippen molar-refractivity contribution in [1.82, 2.24) is 5.32 Å². The van der Waals surface area contributed by atoms with E-state index in [1.807, 2.05) is 0 Å². The lowest BCUT2D eigenvalue weighted by atomic mass is 9.97. The summed E-state index contributed by atoms with van der Waals surface area (Å²) in [6, 6.07) is -0.556. The Hall–Kier alpha value is -0.620. The second-order valence-corrected chi connectivity index (χ2v) is 7.81. The lowest BCUT2D eigenvalue weighted by Crippen LogP contribution is -2.47. The zero-order valence-corrected chi connectivity index (χ0v) is 12.2. The van der Waals surface area contributed by atoms with Gasteiger partial charge in [-0.15, -0.1) is 0 Å². The summed E-state index contributed by atoms with van der Waals surface area (Å²) < 4.78 is 22.0. The molecule has 0 spiro atoms. The van der Waals surface area contributed by atoms with Crippen molar-refractivity contribution in [2.45, 2.75) is 45.2 Å². The minimum absolute atomic E-state index is 0.0434. The van der Waals surface area contributed by atoms with Crippen LogP contribution >= 0.6 is 0 Å². The number of rotatable bonds is 5. The highest BCUT2D eigenvalue weighted by Gasteiger charge is 2.31. The van der Waals surface area contributed by atoms with E-state index in [4.69, 9.17) is 5.73 Å². The normalized spacial score (nSPS) is 30.1. The molecule has 1 fully saturated rings. The van der Waals surface area contributed by atoms with Crippen LogP contribution in [0.4, 0.5) is 0 Å². The molecule has 4 atom stereocenters. The third-order valence-corrected chi connectivity index (χ3v) is 4.91. The number of nitrogens with one attached hydrogen (secondary N) is 1. The summed E-state index contributed by atoms with van der Waals surface area (Å²) in [4.78, 5) is 11.8. The van der Waals surface area contributed by atoms with E-state index < -0.39 is 15.9 Å². The van der Waals surface area contributed by atoms with Gasteiger partial charge in [0.2, 0.25) is 5.91 Å². The molecule has 0 aromatic rings. The van der Waals surface area contributed by atoms with E-state index in [0.717, 1.165) is 19.1 Å². The fourth-order valence-corrected chi connectivity index (χ4v) is 3.01. The van der Waals surface area contributed by atoms with Crippen LogP contribution in [-0.2, 0) is 14.6 Å². The Morgan fingerprint density at radius 1 is 1.39 bits per heavy atom. The van der Waals surface area contributed by atoms with E-state index in [2.05, 4.69) is 19.2 Å². The first-order valence-corrected chi connectivity index (χ1v) is 8.50. The first-order chi connectivity index (χ1) is 8.20. The molecule has 1 saturated carbocycles. The summed E-state index contributed by atoms with van der Waals surface area (Å²) in [6.07, 6.45) is 3.43. The number of carbonyl (C=O) groups excluding carboxylic acids is 1. The SMILES string of the molecule is CC1CCC(NC(=O)C(N)CCS(C)(=O)=O)C1C. The molecule has 0 aromatic carbocycles. The van der Waals surface area contributed by atoms with Gasteiger partial charge in [0.25, 0.3) is 0 Å². The molecule has 18 heavy (non-hydrogen) atoms. The third-order valence-electron chi connectivity index (χ3n) is 3.93. The maximum absolute atomic E-state index is 11.8. The summed E-state index contributed by atoms with van der Waals surface area (Å²) >= 11 is 0. The highest BCUT2D eigenvalue weighted by atomic mass is 32.2. The van der Waals surface area contributed by atoms with Crippen molar-refractivity contribution in [1.29, 1.82) is 0 Å². The smallest absolute Gasteiger partial charge is 0.237 e. The van der Waals surface area contributed by atoms with E-state index in [1.165, 1.54) is 0 Å². The summed E-state index contributed by atoms with van der Waals surface area (Å²) in [5.74, 6) is 0.793. The topological polar surface area (TPSA) is 89.3 Å².